The molecule has 6 nitrogen and oxygen atoms in total. The Hall–Kier alpha value is -5.33. The molecule has 0 fully saturated rings. The van der Waals surface area contributed by atoms with Crippen molar-refractivity contribution in [3.63, 3.8) is 0 Å². The zero-order valence-electron chi connectivity index (χ0n) is 25.5. The minimum Gasteiger partial charge on any atom is -0.340 e. The van der Waals surface area contributed by atoms with Crippen LogP contribution < -0.4 is 15.1 Å². The predicted octanol–water partition coefficient (Wildman–Crippen LogP) is 8.36. The molecule has 46 heavy (non-hydrogen) atoms. The van der Waals surface area contributed by atoms with E-state index in [0.29, 0.717) is 25.9 Å². The predicted molar refractivity (Wildman–Crippen MR) is 184 cm³/mol. The van der Waals surface area contributed by atoms with E-state index in [1.807, 2.05) is 60.7 Å². The molecule has 3 aliphatic rings. The van der Waals surface area contributed by atoms with Crippen molar-refractivity contribution < 1.29 is 9.59 Å². The summed E-state index contributed by atoms with van der Waals surface area (Å²) in [5, 5.41) is 3.87. The molecule has 0 bridgehead atoms. The van der Waals surface area contributed by atoms with Gasteiger partial charge in [0.2, 0.25) is 0 Å². The van der Waals surface area contributed by atoms with Gasteiger partial charge >= 0.3 is 0 Å². The fourth-order valence-electron chi connectivity index (χ4n) is 7.03. The van der Waals surface area contributed by atoms with Crippen LogP contribution in [0.5, 0.6) is 0 Å². The van der Waals surface area contributed by atoms with E-state index in [-0.39, 0.29) is 23.8 Å². The van der Waals surface area contributed by atoms with Gasteiger partial charge in [-0.1, -0.05) is 84.9 Å². The van der Waals surface area contributed by atoms with E-state index in [9.17, 15) is 9.59 Å². The van der Waals surface area contributed by atoms with Gasteiger partial charge in [0.15, 0.2) is 11.6 Å². The van der Waals surface area contributed by atoms with Gasteiger partial charge in [0.05, 0.1) is 11.4 Å². The number of fused-ring (bicyclic) bond motifs is 2. The molecular weight excluding hydrogens is 568 g/mol. The van der Waals surface area contributed by atoms with Crippen molar-refractivity contribution in [3.8, 4) is 0 Å². The van der Waals surface area contributed by atoms with Gasteiger partial charge < -0.3 is 9.80 Å². The van der Waals surface area contributed by atoms with Gasteiger partial charge in [0.1, 0.15) is 6.17 Å². The first-order valence-corrected chi connectivity index (χ1v) is 16.0. The van der Waals surface area contributed by atoms with E-state index < -0.39 is 0 Å². The number of para-hydroxylation sites is 2. The Bertz CT molecular complexity index is 1880. The highest BCUT2D eigenvalue weighted by Crippen LogP contribution is 2.42. The number of benzene rings is 5. The fraction of sp³-hybridized carbons (Fsp3) is 0.175. The van der Waals surface area contributed by atoms with Gasteiger partial charge in [0, 0.05) is 66.6 Å². The normalized spacial score (nSPS) is 19.3. The Kier molecular flexibility index (Phi) is 7.27. The van der Waals surface area contributed by atoms with E-state index in [2.05, 4.69) is 81.8 Å². The monoisotopic (exact) mass is 602 g/mol. The minimum atomic E-state index is -0.205. The molecule has 0 radical (unpaired) electrons. The molecule has 3 heterocycles. The highest BCUT2D eigenvalue weighted by atomic mass is 16.1. The summed E-state index contributed by atoms with van der Waals surface area (Å²) in [6, 6.07) is 43.3. The lowest BCUT2D eigenvalue weighted by Crippen LogP contribution is -2.34. The Morgan fingerprint density at radius 3 is 1.70 bits per heavy atom. The number of nitrogens with zero attached hydrogens (tertiary/aromatic N) is 3. The van der Waals surface area contributed by atoms with Crippen molar-refractivity contribution in [2.75, 3.05) is 22.9 Å². The second kappa shape index (κ2) is 11.9. The van der Waals surface area contributed by atoms with Crippen LogP contribution in [0.25, 0.3) is 0 Å². The smallest absolute Gasteiger partial charge is 0.166 e. The first-order valence-electron chi connectivity index (χ1n) is 16.0. The average molecular weight is 603 g/mol. The highest BCUT2D eigenvalue weighted by molar-refractivity contribution is 6.06. The number of carbonyl (C=O) groups excluding carboxylic acids is 2. The lowest BCUT2D eigenvalue weighted by molar-refractivity contribution is 0.0973. The molecule has 0 spiro atoms. The number of anilines is 4. The maximum Gasteiger partial charge on any atom is 0.166 e. The SMILES string of the molecule is O=C1CCN(c2cc(C3CC(c4ccccc4)=NC(c4ccccc4)N3)cc(N3CCC(=O)c4ccccc43)c2)c2ccccc21. The summed E-state index contributed by atoms with van der Waals surface area (Å²) < 4.78 is 0. The molecule has 0 aromatic heterocycles. The second-order valence-electron chi connectivity index (χ2n) is 12.1. The fourth-order valence-corrected chi connectivity index (χ4v) is 7.03. The summed E-state index contributed by atoms with van der Waals surface area (Å²) in [5.41, 5.74) is 9.88. The van der Waals surface area contributed by atoms with Crippen LogP contribution >= 0.6 is 0 Å². The number of hydrogen-bond donors (Lipinski definition) is 1. The standard InChI is InChI=1S/C40H34N4O2/c45-38-19-21-43(36-17-9-7-15-32(36)38)30-23-29(24-31(25-30)44-22-20-39(46)33-16-8-10-18-37(33)44)35-26-34(27-11-3-1-4-12-27)41-40(42-35)28-13-5-2-6-14-28/h1-18,23-25,35,40,42H,19-22,26H2. The van der Waals surface area contributed by atoms with Gasteiger partial charge in [0.25, 0.3) is 0 Å². The summed E-state index contributed by atoms with van der Waals surface area (Å²) >= 11 is 0. The maximum atomic E-state index is 12.9. The van der Waals surface area contributed by atoms with Gasteiger partial charge in [-0.3, -0.25) is 19.9 Å². The lowest BCUT2D eigenvalue weighted by Gasteiger charge is -2.36. The third-order valence-electron chi connectivity index (χ3n) is 9.33. The summed E-state index contributed by atoms with van der Waals surface area (Å²) in [5.74, 6) is 0.352. The van der Waals surface area contributed by atoms with Crippen LogP contribution in [0.3, 0.4) is 0 Å². The third-order valence-corrected chi connectivity index (χ3v) is 9.33. The van der Waals surface area contributed by atoms with Gasteiger partial charge in [-0.2, -0.15) is 0 Å². The molecule has 5 aromatic rings. The molecule has 0 saturated heterocycles. The molecule has 226 valence electrons. The van der Waals surface area contributed by atoms with Crippen molar-refractivity contribution >= 4 is 40.0 Å². The Labute approximate surface area is 269 Å². The quantitative estimate of drug-likeness (QED) is 0.219. The van der Waals surface area contributed by atoms with E-state index in [1.165, 1.54) is 0 Å². The van der Waals surface area contributed by atoms with Crippen LogP contribution in [0.4, 0.5) is 22.7 Å². The summed E-state index contributed by atoms with van der Waals surface area (Å²) in [4.78, 5) is 35.6. The highest BCUT2D eigenvalue weighted by Gasteiger charge is 2.31. The number of nitrogens with one attached hydrogen (secondary N) is 1. The number of ketones is 2. The minimum absolute atomic E-state index is 0.0278. The molecule has 5 aromatic carbocycles. The average Bonchev–Trinajstić information content (AvgIpc) is 3.12. The van der Waals surface area contributed by atoms with Gasteiger partial charge in [-0.15, -0.1) is 0 Å². The number of rotatable bonds is 5. The molecule has 2 atom stereocenters. The number of Topliss-reactive ketones (excluding diaryl/α,β-unsaturated/α-hetero) is 2. The zero-order valence-corrected chi connectivity index (χ0v) is 25.5. The van der Waals surface area contributed by atoms with E-state index in [0.717, 1.165) is 62.7 Å². The van der Waals surface area contributed by atoms with Crippen molar-refractivity contribution in [2.45, 2.75) is 31.5 Å². The zero-order chi connectivity index (χ0) is 31.0. The first-order chi connectivity index (χ1) is 22.6. The Morgan fingerprint density at radius 2 is 1.11 bits per heavy atom. The summed E-state index contributed by atoms with van der Waals surface area (Å²) in [7, 11) is 0. The van der Waals surface area contributed by atoms with Gasteiger partial charge in [-0.25, -0.2) is 0 Å². The van der Waals surface area contributed by atoms with Crippen LogP contribution in [0.2, 0.25) is 0 Å². The number of aliphatic imine (C=N–C) groups is 1. The maximum absolute atomic E-state index is 12.9. The third kappa shape index (κ3) is 5.21. The molecule has 0 aliphatic carbocycles. The van der Waals surface area contributed by atoms with Gasteiger partial charge in [-0.05, 0) is 59.2 Å². The van der Waals surface area contributed by atoms with E-state index in [4.69, 9.17) is 4.99 Å². The second-order valence-corrected chi connectivity index (χ2v) is 12.1. The van der Waals surface area contributed by atoms with Crippen molar-refractivity contribution in [3.05, 3.63) is 155 Å². The van der Waals surface area contributed by atoms with Crippen LogP contribution in [-0.2, 0) is 0 Å². The number of hydrogen-bond acceptors (Lipinski definition) is 6. The molecule has 1 N–H and O–H groups in total. The van der Waals surface area contributed by atoms with Crippen molar-refractivity contribution in [1.82, 2.24) is 5.32 Å². The van der Waals surface area contributed by atoms with Crippen LogP contribution in [-0.4, -0.2) is 30.4 Å². The van der Waals surface area contributed by atoms with Crippen LogP contribution in [0.1, 0.15) is 68.9 Å². The van der Waals surface area contributed by atoms with Crippen molar-refractivity contribution in [2.24, 2.45) is 4.99 Å². The molecule has 8 rings (SSSR count). The molecule has 0 saturated carbocycles. The van der Waals surface area contributed by atoms with Crippen LogP contribution in [0.15, 0.2) is 132 Å². The summed E-state index contributed by atoms with van der Waals surface area (Å²) in [6.45, 7) is 1.21. The van der Waals surface area contributed by atoms with Crippen LogP contribution in [0, 0.1) is 0 Å². The Balaban J connectivity index is 1.27. The number of carbonyl (C=O) groups is 2. The van der Waals surface area contributed by atoms with Crippen molar-refractivity contribution in [1.29, 1.82) is 0 Å². The van der Waals surface area contributed by atoms with E-state index in [1.54, 1.807) is 0 Å². The Morgan fingerprint density at radius 1 is 0.587 bits per heavy atom. The lowest BCUT2D eigenvalue weighted by atomic mass is 9.92. The summed E-state index contributed by atoms with van der Waals surface area (Å²) in [6.07, 6.45) is 1.43. The van der Waals surface area contributed by atoms with E-state index >= 15 is 0 Å². The molecule has 0 amide bonds. The molecular formula is C40H34N4O2. The largest absolute Gasteiger partial charge is 0.340 e. The topological polar surface area (TPSA) is 65.0 Å². The first kappa shape index (κ1) is 28.2. The molecule has 6 heteroatoms. The molecule has 2 unspecified atom stereocenters. The molecule has 3 aliphatic heterocycles.